The van der Waals surface area contributed by atoms with E-state index in [1.54, 1.807) is 6.07 Å². The van der Waals surface area contributed by atoms with Gasteiger partial charge in [-0.2, -0.15) is 0 Å². The van der Waals surface area contributed by atoms with Crippen LogP contribution in [0.25, 0.3) is 0 Å². The lowest BCUT2D eigenvalue weighted by Crippen LogP contribution is -2.47. The highest BCUT2D eigenvalue weighted by molar-refractivity contribution is 5.26. The van der Waals surface area contributed by atoms with E-state index >= 15 is 0 Å². The second-order valence-electron chi connectivity index (χ2n) is 6.95. The van der Waals surface area contributed by atoms with Gasteiger partial charge in [0.05, 0.1) is 5.60 Å². The fourth-order valence-electron chi connectivity index (χ4n) is 4.43. The summed E-state index contributed by atoms with van der Waals surface area (Å²) in [6.45, 7) is 0.865. The van der Waals surface area contributed by atoms with Gasteiger partial charge in [-0.1, -0.05) is 18.6 Å². The van der Waals surface area contributed by atoms with Crippen molar-refractivity contribution >= 4 is 0 Å². The topological polar surface area (TPSA) is 23.5 Å². The first-order valence-electron chi connectivity index (χ1n) is 7.62. The summed E-state index contributed by atoms with van der Waals surface area (Å²) in [7, 11) is 4.10. The number of rotatable bonds is 3. The summed E-state index contributed by atoms with van der Waals surface area (Å²) in [6.07, 6.45) is 4.44. The van der Waals surface area contributed by atoms with Gasteiger partial charge in [0.25, 0.3) is 0 Å². The van der Waals surface area contributed by atoms with Crippen molar-refractivity contribution in [3.05, 3.63) is 35.6 Å². The van der Waals surface area contributed by atoms with Crippen LogP contribution in [-0.2, 0) is 5.60 Å². The quantitative estimate of drug-likeness (QED) is 0.918. The van der Waals surface area contributed by atoms with Gasteiger partial charge >= 0.3 is 0 Å². The molecule has 2 aliphatic carbocycles. The van der Waals surface area contributed by atoms with Gasteiger partial charge in [-0.3, -0.25) is 0 Å². The summed E-state index contributed by atoms with van der Waals surface area (Å²) in [6, 6.07) is 6.57. The summed E-state index contributed by atoms with van der Waals surface area (Å²) < 4.78 is 13.6. The predicted molar refractivity (Wildman–Crippen MR) is 77.8 cm³/mol. The molecule has 110 valence electrons. The molecule has 0 amide bonds. The van der Waals surface area contributed by atoms with E-state index in [9.17, 15) is 9.50 Å². The van der Waals surface area contributed by atoms with Crippen molar-refractivity contribution in [3.63, 3.8) is 0 Å². The van der Waals surface area contributed by atoms with Gasteiger partial charge in [0, 0.05) is 12.5 Å². The molecule has 2 nitrogen and oxygen atoms in total. The van der Waals surface area contributed by atoms with Crippen LogP contribution < -0.4 is 0 Å². The second-order valence-corrected chi connectivity index (χ2v) is 6.95. The Hall–Kier alpha value is -0.930. The molecule has 1 aromatic rings. The molecule has 4 atom stereocenters. The Balaban J connectivity index is 1.98. The number of fused-ring (bicyclic) bond motifs is 2. The molecule has 0 saturated heterocycles. The van der Waals surface area contributed by atoms with E-state index in [0.717, 1.165) is 18.5 Å². The van der Waals surface area contributed by atoms with Crippen LogP contribution in [0.1, 0.15) is 31.2 Å². The third kappa shape index (κ3) is 2.38. The Morgan fingerprint density at radius 1 is 1.35 bits per heavy atom. The van der Waals surface area contributed by atoms with Gasteiger partial charge < -0.3 is 10.0 Å². The van der Waals surface area contributed by atoms with Crippen LogP contribution >= 0.6 is 0 Å². The van der Waals surface area contributed by atoms with Crippen LogP contribution in [0.2, 0.25) is 0 Å². The van der Waals surface area contributed by atoms with Gasteiger partial charge in [-0.05, 0) is 62.9 Å². The molecule has 0 aliphatic heterocycles. The SMILES string of the molecule is CN(C)CC1C2CCC(C2)CC1(O)c1cccc(F)c1. The first-order chi connectivity index (χ1) is 9.49. The van der Waals surface area contributed by atoms with Gasteiger partial charge in [-0.25, -0.2) is 4.39 Å². The summed E-state index contributed by atoms with van der Waals surface area (Å²) in [5, 5.41) is 11.4. The minimum absolute atomic E-state index is 0.207. The van der Waals surface area contributed by atoms with E-state index in [4.69, 9.17) is 0 Å². The van der Waals surface area contributed by atoms with Gasteiger partial charge in [-0.15, -0.1) is 0 Å². The van der Waals surface area contributed by atoms with Gasteiger partial charge in [0.15, 0.2) is 0 Å². The molecule has 0 radical (unpaired) electrons. The summed E-state index contributed by atoms with van der Waals surface area (Å²) >= 11 is 0. The van der Waals surface area contributed by atoms with Crippen LogP contribution in [0, 0.1) is 23.6 Å². The predicted octanol–water partition coefficient (Wildman–Crippen LogP) is 3.01. The molecule has 2 saturated carbocycles. The Morgan fingerprint density at radius 3 is 2.85 bits per heavy atom. The normalized spacial score (nSPS) is 36.5. The third-order valence-corrected chi connectivity index (χ3v) is 5.25. The molecule has 2 fully saturated rings. The van der Waals surface area contributed by atoms with E-state index in [1.807, 2.05) is 20.2 Å². The van der Waals surface area contributed by atoms with Crippen molar-refractivity contribution in [2.24, 2.45) is 17.8 Å². The molecule has 0 spiro atoms. The lowest BCUT2D eigenvalue weighted by Gasteiger charge is -2.45. The number of hydrogen-bond acceptors (Lipinski definition) is 2. The fraction of sp³-hybridized carbons (Fsp3) is 0.647. The summed E-state index contributed by atoms with van der Waals surface area (Å²) in [5.41, 5.74) is -0.0999. The second kappa shape index (κ2) is 5.12. The standard InChI is InChI=1S/C17H24FNO/c1-19(2)11-16-13-7-6-12(8-13)10-17(16,20)14-4-3-5-15(18)9-14/h3-5,9,12-13,16,20H,6-8,10-11H2,1-2H3. The van der Waals surface area contributed by atoms with Crippen LogP contribution in [0.5, 0.6) is 0 Å². The van der Waals surface area contributed by atoms with E-state index in [2.05, 4.69) is 4.90 Å². The van der Waals surface area contributed by atoms with Crippen LogP contribution in [0.3, 0.4) is 0 Å². The van der Waals surface area contributed by atoms with E-state index in [0.29, 0.717) is 11.8 Å². The van der Waals surface area contributed by atoms with Gasteiger partial charge in [0.2, 0.25) is 0 Å². The molecule has 0 heterocycles. The molecule has 1 aromatic carbocycles. The van der Waals surface area contributed by atoms with Crippen LogP contribution in [0.15, 0.2) is 24.3 Å². The lowest BCUT2D eigenvalue weighted by atomic mass is 9.66. The molecule has 2 aliphatic rings. The van der Waals surface area contributed by atoms with Crippen LogP contribution in [0.4, 0.5) is 4.39 Å². The Bertz CT molecular complexity index is 490. The lowest BCUT2D eigenvalue weighted by molar-refractivity contribution is -0.0892. The Labute approximate surface area is 120 Å². The zero-order chi connectivity index (χ0) is 14.3. The molecule has 20 heavy (non-hydrogen) atoms. The number of hydrogen-bond donors (Lipinski definition) is 1. The first-order valence-corrected chi connectivity index (χ1v) is 7.62. The number of benzene rings is 1. The number of nitrogens with zero attached hydrogens (tertiary/aromatic N) is 1. The molecule has 2 bridgehead atoms. The minimum atomic E-state index is -0.865. The average molecular weight is 277 g/mol. The summed E-state index contributed by atoms with van der Waals surface area (Å²) in [4.78, 5) is 2.15. The number of aliphatic hydroxyl groups is 1. The van der Waals surface area contributed by atoms with Crippen molar-refractivity contribution in [3.8, 4) is 0 Å². The maximum absolute atomic E-state index is 13.6. The molecule has 3 heteroatoms. The summed E-state index contributed by atoms with van der Waals surface area (Å²) in [5.74, 6) is 1.13. The third-order valence-electron chi connectivity index (χ3n) is 5.25. The molecule has 4 unspecified atom stereocenters. The number of halogens is 1. The van der Waals surface area contributed by atoms with E-state index < -0.39 is 5.60 Å². The fourth-order valence-corrected chi connectivity index (χ4v) is 4.43. The zero-order valence-electron chi connectivity index (χ0n) is 12.3. The average Bonchev–Trinajstić information content (AvgIpc) is 2.78. The van der Waals surface area contributed by atoms with Crippen molar-refractivity contribution in [1.29, 1.82) is 0 Å². The van der Waals surface area contributed by atoms with Crippen molar-refractivity contribution in [2.45, 2.75) is 31.3 Å². The zero-order valence-corrected chi connectivity index (χ0v) is 12.3. The molecule has 1 N–H and O–H groups in total. The maximum atomic E-state index is 13.6. The van der Waals surface area contributed by atoms with Crippen molar-refractivity contribution in [1.82, 2.24) is 4.90 Å². The Morgan fingerprint density at radius 2 is 2.15 bits per heavy atom. The highest BCUT2D eigenvalue weighted by Gasteiger charge is 2.51. The van der Waals surface area contributed by atoms with E-state index in [-0.39, 0.29) is 11.7 Å². The van der Waals surface area contributed by atoms with Crippen molar-refractivity contribution in [2.75, 3.05) is 20.6 Å². The smallest absolute Gasteiger partial charge is 0.123 e. The molecular weight excluding hydrogens is 253 g/mol. The monoisotopic (exact) mass is 277 g/mol. The van der Waals surface area contributed by atoms with E-state index in [1.165, 1.54) is 31.4 Å². The Kier molecular flexibility index (Phi) is 3.59. The molecular formula is C17H24FNO. The largest absolute Gasteiger partial charge is 0.385 e. The van der Waals surface area contributed by atoms with Crippen LogP contribution in [-0.4, -0.2) is 30.6 Å². The minimum Gasteiger partial charge on any atom is -0.385 e. The molecule has 0 aromatic heterocycles. The van der Waals surface area contributed by atoms with Crippen molar-refractivity contribution < 1.29 is 9.50 Å². The highest BCUT2D eigenvalue weighted by Crippen LogP contribution is 2.54. The first kappa shape index (κ1) is 14.0. The molecule has 3 rings (SSSR count). The highest BCUT2D eigenvalue weighted by atomic mass is 19.1. The van der Waals surface area contributed by atoms with Gasteiger partial charge in [0.1, 0.15) is 5.82 Å². The maximum Gasteiger partial charge on any atom is 0.123 e.